The van der Waals surface area contributed by atoms with E-state index in [4.69, 9.17) is 0 Å². The normalized spacial score (nSPS) is 17.1. The van der Waals surface area contributed by atoms with E-state index in [2.05, 4.69) is 5.32 Å². The molecule has 110 valence electrons. The Balaban J connectivity index is 0.00000162. The molecule has 1 fully saturated rings. The number of alkyl halides is 1. The molecule has 0 spiro atoms. The molecule has 3 N–H and O–H groups in total. The molecule has 1 aliphatic rings. The minimum absolute atomic E-state index is 0. The lowest BCUT2D eigenvalue weighted by atomic mass is 10.0. The van der Waals surface area contributed by atoms with Gasteiger partial charge in [-0.3, -0.25) is 4.90 Å². The molecule has 7 heteroatoms. The number of rotatable bonds is 3. The molecular weight excluding hydrogens is 294 g/mol. The SMILES string of the molecule is Cl.Cl.Oc1ccc(O)c([C@H](CF)N2CCNCC2)c1. The zero-order valence-electron chi connectivity index (χ0n) is 10.4. The van der Waals surface area contributed by atoms with Crippen LogP contribution in [0.15, 0.2) is 18.2 Å². The van der Waals surface area contributed by atoms with E-state index in [-0.39, 0.29) is 36.3 Å². The Morgan fingerprint density at radius 2 is 1.84 bits per heavy atom. The van der Waals surface area contributed by atoms with Crippen molar-refractivity contribution < 1.29 is 14.6 Å². The van der Waals surface area contributed by atoms with Gasteiger partial charge in [0.15, 0.2) is 0 Å². The molecular formula is C12H19Cl2FN2O2. The molecule has 0 amide bonds. The third kappa shape index (κ3) is 4.38. The van der Waals surface area contributed by atoms with E-state index >= 15 is 0 Å². The minimum Gasteiger partial charge on any atom is -0.508 e. The van der Waals surface area contributed by atoms with Crippen molar-refractivity contribution >= 4 is 24.8 Å². The van der Waals surface area contributed by atoms with Crippen molar-refractivity contribution in [2.75, 3.05) is 32.9 Å². The number of nitrogens with zero attached hydrogens (tertiary/aromatic N) is 1. The number of benzene rings is 1. The Morgan fingerprint density at radius 1 is 1.21 bits per heavy atom. The van der Waals surface area contributed by atoms with E-state index in [9.17, 15) is 14.6 Å². The summed E-state index contributed by atoms with van der Waals surface area (Å²) < 4.78 is 13.2. The maximum absolute atomic E-state index is 13.2. The van der Waals surface area contributed by atoms with Crippen LogP contribution in [0.4, 0.5) is 4.39 Å². The molecule has 1 aliphatic heterocycles. The highest BCUT2D eigenvalue weighted by Crippen LogP contribution is 2.32. The summed E-state index contributed by atoms with van der Waals surface area (Å²) in [5.74, 6) is 0.0790. The molecule has 0 radical (unpaired) electrons. The molecule has 0 unspecified atom stereocenters. The van der Waals surface area contributed by atoms with Gasteiger partial charge in [0.2, 0.25) is 0 Å². The van der Waals surface area contributed by atoms with Crippen LogP contribution in [-0.4, -0.2) is 48.0 Å². The second-order valence-electron chi connectivity index (χ2n) is 4.20. The second kappa shape index (κ2) is 8.43. The average molecular weight is 313 g/mol. The van der Waals surface area contributed by atoms with Crippen molar-refractivity contribution in [1.29, 1.82) is 0 Å². The van der Waals surface area contributed by atoms with E-state index in [0.29, 0.717) is 5.56 Å². The lowest BCUT2D eigenvalue weighted by Crippen LogP contribution is -2.45. The summed E-state index contributed by atoms with van der Waals surface area (Å²) in [4.78, 5) is 1.98. The van der Waals surface area contributed by atoms with Gasteiger partial charge in [-0.1, -0.05) is 0 Å². The first-order valence-corrected chi connectivity index (χ1v) is 5.75. The van der Waals surface area contributed by atoms with Crippen LogP contribution >= 0.6 is 24.8 Å². The fourth-order valence-electron chi connectivity index (χ4n) is 2.18. The molecule has 4 nitrogen and oxygen atoms in total. The lowest BCUT2D eigenvalue weighted by Gasteiger charge is -2.33. The summed E-state index contributed by atoms with van der Waals surface area (Å²) in [5, 5.41) is 22.4. The van der Waals surface area contributed by atoms with Gasteiger partial charge in [0, 0.05) is 31.7 Å². The summed E-state index contributed by atoms with van der Waals surface area (Å²) in [7, 11) is 0. The average Bonchev–Trinajstić information content (AvgIpc) is 2.36. The number of hydrogen-bond acceptors (Lipinski definition) is 4. The van der Waals surface area contributed by atoms with Gasteiger partial charge in [-0.05, 0) is 18.2 Å². The van der Waals surface area contributed by atoms with E-state index in [1.54, 1.807) is 0 Å². The molecule has 1 heterocycles. The Bertz CT molecular complexity index is 390. The van der Waals surface area contributed by atoms with Gasteiger partial charge in [-0.25, -0.2) is 4.39 Å². The summed E-state index contributed by atoms with van der Waals surface area (Å²) in [6.45, 7) is 2.54. The van der Waals surface area contributed by atoms with Gasteiger partial charge < -0.3 is 15.5 Å². The topological polar surface area (TPSA) is 55.7 Å². The van der Waals surface area contributed by atoms with Gasteiger partial charge in [-0.2, -0.15) is 0 Å². The molecule has 1 aromatic rings. The van der Waals surface area contributed by atoms with Crippen molar-refractivity contribution in [3.05, 3.63) is 23.8 Å². The zero-order valence-corrected chi connectivity index (χ0v) is 12.0. The van der Waals surface area contributed by atoms with Gasteiger partial charge >= 0.3 is 0 Å². The Hall–Kier alpha value is -0.750. The van der Waals surface area contributed by atoms with Crippen LogP contribution in [0.2, 0.25) is 0 Å². The fraction of sp³-hybridized carbons (Fsp3) is 0.500. The second-order valence-corrected chi connectivity index (χ2v) is 4.20. The molecule has 1 aromatic carbocycles. The first-order valence-electron chi connectivity index (χ1n) is 5.75. The molecule has 0 aliphatic carbocycles. The van der Waals surface area contributed by atoms with Crippen molar-refractivity contribution in [2.45, 2.75) is 6.04 Å². The number of hydrogen-bond donors (Lipinski definition) is 3. The lowest BCUT2D eigenvalue weighted by molar-refractivity contribution is 0.145. The highest BCUT2D eigenvalue weighted by molar-refractivity contribution is 5.85. The predicted octanol–water partition coefficient (Wildman–Crippen LogP) is 1.86. The highest BCUT2D eigenvalue weighted by Gasteiger charge is 2.24. The van der Waals surface area contributed by atoms with E-state index in [0.717, 1.165) is 26.2 Å². The van der Waals surface area contributed by atoms with E-state index < -0.39 is 12.7 Å². The smallest absolute Gasteiger partial charge is 0.120 e. The van der Waals surface area contributed by atoms with Crippen molar-refractivity contribution in [1.82, 2.24) is 10.2 Å². The van der Waals surface area contributed by atoms with Crippen LogP contribution in [0.5, 0.6) is 11.5 Å². The number of nitrogens with one attached hydrogen (secondary N) is 1. The minimum atomic E-state index is -0.572. The summed E-state index contributed by atoms with van der Waals surface area (Å²) in [5.41, 5.74) is 0.453. The Kier molecular flexibility index (Phi) is 8.09. The summed E-state index contributed by atoms with van der Waals surface area (Å²) >= 11 is 0. The Morgan fingerprint density at radius 3 is 2.42 bits per heavy atom. The zero-order chi connectivity index (χ0) is 12.3. The molecule has 0 bridgehead atoms. The first-order chi connectivity index (χ1) is 8.22. The largest absolute Gasteiger partial charge is 0.508 e. The maximum atomic E-state index is 13.2. The number of phenolic OH excluding ortho intramolecular Hbond substituents is 2. The maximum Gasteiger partial charge on any atom is 0.120 e. The molecule has 19 heavy (non-hydrogen) atoms. The quantitative estimate of drug-likeness (QED) is 0.746. The van der Waals surface area contributed by atoms with Crippen LogP contribution in [0.3, 0.4) is 0 Å². The predicted molar refractivity (Wildman–Crippen MR) is 77.4 cm³/mol. The van der Waals surface area contributed by atoms with Crippen LogP contribution in [-0.2, 0) is 0 Å². The molecule has 1 saturated heterocycles. The fourth-order valence-corrected chi connectivity index (χ4v) is 2.18. The Labute approximate surface area is 124 Å². The van der Waals surface area contributed by atoms with Crippen molar-refractivity contribution in [2.24, 2.45) is 0 Å². The summed E-state index contributed by atoms with van der Waals surface area (Å²) in [6, 6.07) is 3.74. The standard InChI is InChI=1S/C12H17FN2O2.2ClH/c13-8-11(15-5-3-14-4-6-15)10-7-9(16)1-2-12(10)17;;/h1-2,7,11,14,16-17H,3-6,8H2;2*1H/t11-;;/m0../s1. The van der Waals surface area contributed by atoms with Crippen molar-refractivity contribution in [3.8, 4) is 11.5 Å². The highest BCUT2D eigenvalue weighted by atomic mass is 35.5. The molecule has 0 saturated carbocycles. The van der Waals surface area contributed by atoms with Gasteiger partial charge in [0.1, 0.15) is 18.2 Å². The van der Waals surface area contributed by atoms with Gasteiger partial charge in [0.05, 0.1) is 6.04 Å². The van der Waals surface area contributed by atoms with Crippen LogP contribution in [0.1, 0.15) is 11.6 Å². The number of aromatic hydroxyl groups is 2. The summed E-state index contributed by atoms with van der Waals surface area (Å²) in [6.07, 6.45) is 0. The van der Waals surface area contributed by atoms with Gasteiger partial charge in [0.25, 0.3) is 0 Å². The van der Waals surface area contributed by atoms with Crippen LogP contribution < -0.4 is 5.32 Å². The number of halogens is 3. The number of phenols is 2. The molecule has 0 aromatic heterocycles. The van der Waals surface area contributed by atoms with E-state index in [1.807, 2.05) is 4.90 Å². The molecule has 1 atom stereocenters. The van der Waals surface area contributed by atoms with Crippen LogP contribution in [0.25, 0.3) is 0 Å². The van der Waals surface area contributed by atoms with Gasteiger partial charge in [-0.15, -0.1) is 24.8 Å². The van der Waals surface area contributed by atoms with Crippen LogP contribution in [0, 0.1) is 0 Å². The van der Waals surface area contributed by atoms with Crippen molar-refractivity contribution in [3.63, 3.8) is 0 Å². The van der Waals surface area contributed by atoms with E-state index in [1.165, 1.54) is 18.2 Å². The monoisotopic (exact) mass is 312 g/mol. The number of piperazine rings is 1. The third-order valence-electron chi connectivity index (χ3n) is 3.11. The first kappa shape index (κ1) is 18.2. The third-order valence-corrected chi connectivity index (χ3v) is 3.11. The molecule has 2 rings (SSSR count).